The van der Waals surface area contributed by atoms with Crippen LogP contribution >= 0.6 is 0 Å². The van der Waals surface area contributed by atoms with E-state index in [0.29, 0.717) is 11.6 Å². The standard InChI is InChI=1S/C15H20N4O2/c1-19-8-10(6-18-19)14-13(16)12(15(20-2)21-3)11(7-17-14)9-4-5-9/h6-9,15H,4-5,16H2,1-3H3. The summed E-state index contributed by atoms with van der Waals surface area (Å²) in [5.41, 5.74) is 10.6. The zero-order chi connectivity index (χ0) is 15.0. The van der Waals surface area contributed by atoms with Gasteiger partial charge in [-0.25, -0.2) is 0 Å². The summed E-state index contributed by atoms with van der Waals surface area (Å²) in [5, 5.41) is 4.18. The van der Waals surface area contributed by atoms with Gasteiger partial charge in [-0.05, 0) is 24.3 Å². The predicted molar refractivity (Wildman–Crippen MR) is 79.6 cm³/mol. The van der Waals surface area contributed by atoms with Crippen LogP contribution in [0.2, 0.25) is 0 Å². The lowest BCUT2D eigenvalue weighted by Crippen LogP contribution is -2.12. The molecule has 0 saturated heterocycles. The van der Waals surface area contributed by atoms with Crippen LogP contribution in [0.4, 0.5) is 5.69 Å². The van der Waals surface area contributed by atoms with Crippen molar-refractivity contribution in [2.75, 3.05) is 20.0 Å². The van der Waals surface area contributed by atoms with Crippen LogP contribution in [0.15, 0.2) is 18.6 Å². The Bertz CT molecular complexity index is 645. The van der Waals surface area contributed by atoms with Crippen LogP contribution < -0.4 is 5.73 Å². The van der Waals surface area contributed by atoms with Crippen LogP contribution in [0.3, 0.4) is 0 Å². The minimum atomic E-state index is -0.473. The molecule has 2 aromatic heterocycles. The Balaban J connectivity index is 2.13. The van der Waals surface area contributed by atoms with E-state index >= 15 is 0 Å². The Hall–Kier alpha value is -1.92. The highest BCUT2D eigenvalue weighted by atomic mass is 16.7. The molecule has 0 atom stereocenters. The van der Waals surface area contributed by atoms with Crippen molar-refractivity contribution >= 4 is 5.69 Å². The number of nitrogens with zero attached hydrogens (tertiary/aromatic N) is 3. The van der Waals surface area contributed by atoms with E-state index < -0.39 is 6.29 Å². The molecule has 0 aliphatic heterocycles. The average molecular weight is 288 g/mol. The highest BCUT2D eigenvalue weighted by Gasteiger charge is 2.31. The number of rotatable bonds is 5. The summed E-state index contributed by atoms with van der Waals surface area (Å²) in [7, 11) is 5.11. The maximum absolute atomic E-state index is 6.38. The molecular weight excluding hydrogens is 268 g/mol. The van der Waals surface area contributed by atoms with Crippen LogP contribution in [-0.4, -0.2) is 29.0 Å². The first-order valence-corrected chi connectivity index (χ1v) is 6.98. The molecule has 0 bridgehead atoms. The minimum Gasteiger partial charge on any atom is -0.397 e. The van der Waals surface area contributed by atoms with Crippen molar-refractivity contribution in [3.8, 4) is 11.3 Å². The fraction of sp³-hybridized carbons (Fsp3) is 0.467. The second kappa shape index (κ2) is 5.46. The largest absolute Gasteiger partial charge is 0.397 e. The van der Waals surface area contributed by atoms with E-state index in [1.54, 1.807) is 25.1 Å². The zero-order valence-electron chi connectivity index (χ0n) is 12.5. The Morgan fingerprint density at radius 3 is 2.52 bits per heavy atom. The van der Waals surface area contributed by atoms with E-state index in [-0.39, 0.29) is 0 Å². The highest BCUT2D eigenvalue weighted by molar-refractivity contribution is 5.75. The van der Waals surface area contributed by atoms with Crippen molar-refractivity contribution in [1.82, 2.24) is 14.8 Å². The molecule has 0 aromatic carbocycles. The number of hydrogen-bond acceptors (Lipinski definition) is 5. The monoisotopic (exact) mass is 288 g/mol. The van der Waals surface area contributed by atoms with Crippen molar-refractivity contribution in [2.45, 2.75) is 25.0 Å². The first kappa shape index (κ1) is 14.0. The Morgan fingerprint density at radius 2 is 2.00 bits per heavy atom. The highest BCUT2D eigenvalue weighted by Crippen LogP contribution is 2.46. The van der Waals surface area contributed by atoms with Crippen molar-refractivity contribution < 1.29 is 9.47 Å². The molecule has 1 fully saturated rings. The van der Waals surface area contributed by atoms with Crippen molar-refractivity contribution in [1.29, 1.82) is 0 Å². The number of anilines is 1. The summed E-state index contributed by atoms with van der Waals surface area (Å²) < 4.78 is 12.6. The summed E-state index contributed by atoms with van der Waals surface area (Å²) in [6.45, 7) is 0. The third kappa shape index (κ3) is 2.52. The Kier molecular flexibility index (Phi) is 3.65. The van der Waals surface area contributed by atoms with E-state index in [2.05, 4.69) is 10.1 Å². The zero-order valence-corrected chi connectivity index (χ0v) is 12.5. The molecule has 6 heteroatoms. The summed E-state index contributed by atoms with van der Waals surface area (Å²) in [6, 6.07) is 0. The molecule has 3 rings (SSSR count). The van der Waals surface area contributed by atoms with Gasteiger partial charge in [0.25, 0.3) is 0 Å². The SMILES string of the molecule is COC(OC)c1c(C2CC2)cnc(-c2cnn(C)c2)c1N. The van der Waals surface area contributed by atoms with Gasteiger partial charge in [-0.3, -0.25) is 9.67 Å². The topological polar surface area (TPSA) is 75.2 Å². The van der Waals surface area contributed by atoms with E-state index in [0.717, 1.165) is 22.4 Å². The summed E-state index contributed by atoms with van der Waals surface area (Å²) in [4.78, 5) is 4.55. The van der Waals surface area contributed by atoms with Crippen molar-refractivity contribution in [3.63, 3.8) is 0 Å². The summed E-state index contributed by atoms with van der Waals surface area (Å²) in [5.74, 6) is 0.519. The van der Waals surface area contributed by atoms with Crippen LogP contribution in [0.25, 0.3) is 11.3 Å². The third-order valence-corrected chi connectivity index (χ3v) is 3.85. The maximum Gasteiger partial charge on any atom is 0.185 e. The molecule has 1 aliphatic carbocycles. The van der Waals surface area contributed by atoms with E-state index in [9.17, 15) is 0 Å². The van der Waals surface area contributed by atoms with Crippen LogP contribution in [-0.2, 0) is 16.5 Å². The fourth-order valence-corrected chi connectivity index (χ4v) is 2.64. The maximum atomic E-state index is 6.38. The molecule has 21 heavy (non-hydrogen) atoms. The second-order valence-corrected chi connectivity index (χ2v) is 5.37. The number of hydrogen-bond donors (Lipinski definition) is 1. The van der Waals surface area contributed by atoms with Crippen LogP contribution in [0.5, 0.6) is 0 Å². The smallest absolute Gasteiger partial charge is 0.185 e. The second-order valence-electron chi connectivity index (χ2n) is 5.37. The summed E-state index contributed by atoms with van der Waals surface area (Å²) in [6.07, 6.45) is 7.42. The molecule has 2 aromatic rings. The van der Waals surface area contributed by atoms with Crippen molar-refractivity contribution in [3.05, 3.63) is 29.7 Å². The number of aryl methyl sites for hydroxylation is 1. The van der Waals surface area contributed by atoms with E-state index in [4.69, 9.17) is 15.2 Å². The van der Waals surface area contributed by atoms with Gasteiger partial charge in [-0.1, -0.05) is 0 Å². The molecule has 2 heterocycles. The third-order valence-electron chi connectivity index (χ3n) is 3.85. The van der Waals surface area contributed by atoms with Gasteiger partial charge in [0.2, 0.25) is 0 Å². The molecule has 6 nitrogen and oxygen atoms in total. The Morgan fingerprint density at radius 1 is 1.29 bits per heavy atom. The van der Waals surface area contributed by atoms with Crippen LogP contribution in [0, 0.1) is 0 Å². The van der Waals surface area contributed by atoms with Gasteiger partial charge < -0.3 is 15.2 Å². The van der Waals surface area contributed by atoms with Crippen molar-refractivity contribution in [2.24, 2.45) is 7.05 Å². The fourth-order valence-electron chi connectivity index (χ4n) is 2.64. The number of pyridine rings is 1. The molecule has 0 radical (unpaired) electrons. The van der Waals surface area contributed by atoms with Crippen LogP contribution in [0.1, 0.15) is 36.2 Å². The van der Waals surface area contributed by atoms with Gasteiger partial charge in [0, 0.05) is 44.8 Å². The molecule has 112 valence electrons. The average Bonchev–Trinajstić information content (AvgIpc) is 3.24. The van der Waals surface area contributed by atoms with Gasteiger partial charge in [-0.2, -0.15) is 5.10 Å². The first-order valence-electron chi connectivity index (χ1n) is 6.98. The van der Waals surface area contributed by atoms with Gasteiger partial charge in [0.1, 0.15) is 0 Å². The normalized spacial score (nSPS) is 14.9. The quantitative estimate of drug-likeness (QED) is 0.854. The van der Waals surface area contributed by atoms with E-state index in [1.807, 2.05) is 19.4 Å². The molecule has 0 unspecified atom stereocenters. The Labute approximate surface area is 123 Å². The van der Waals surface area contributed by atoms with E-state index in [1.165, 1.54) is 12.8 Å². The van der Waals surface area contributed by atoms with Gasteiger partial charge in [0.15, 0.2) is 6.29 Å². The number of ether oxygens (including phenoxy) is 2. The molecule has 1 aliphatic rings. The lowest BCUT2D eigenvalue weighted by Gasteiger charge is -2.21. The molecular formula is C15H20N4O2. The number of aromatic nitrogens is 3. The summed E-state index contributed by atoms with van der Waals surface area (Å²) >= 11 is 0. The molecule has 1 saturated carbocycles. The molecule has 0 spiro atoms. The van der Waals surface area contributed by atoms with Gasteiger partial charge in [0.05, 0.1) is 17.6 Å². The predicted octanol–water partition coefficient (Wildman–Crippen LogP) is 2.23. The molecule has 2 N–H and O–H groups in total. The lowest BCUT2D eigenvalue weighted by atomic mass is 10.0. The number of nitrogens with two attached hydrogens (primary N) is 1. The number of nitrogen functional groups attached to an aromatic ring is 1. The minimum absolute atomic E-state index is 0.473. The van der Waals surface area contributed by atoms with Gasteiger partial charge >= 0.3 is 0 Å². The van der Waals surface area contributed by atoms with Gasteiger partial charge in [-0.15, -0.1) is 0 Å². The number of methoxy groups -OCH3 is 2. The first-order chi connectivity index (χ1) is 10.2. The molecule has 0 amide bonds. The lowest BCUT2D eigenvalue weighted by molar-refractivity contribution is -0.106.